The number of allylic oxidation sites excluding steroid dienone is 2. The highest BCUT2D eigenvalue weighted by molar-refractivity contribution is 5.87. The molecule has 30 heavy (non-hydrogen) atoms. The first kappa shape index (κ1) is 19.6. The maximum atomic E-state index is 14.3. The number of aromatic nitrogens is 2. The van der Waals surface area contributed by atoms with Crippen LogP contribution in [0.4, 0.5) is 13.2 Å². The molecule has 4 rings (SSSR count). The van der Waals surface area contributed by atoms with E-state index >= 15 is 0 Å². The van der Waals surface area contributed by atoms with Gasteiger partial charge in [-0.25, -0.2) is 13.2 Å². The first-order valence-corrected chi connectivity index (χ1v) is 9.12. The van der Waals surface area contributed by atoms with Crippen LogP contribution in [-0.2, 0) is 11.2 Å². The molecule has 0 atom stereocenters. The molecule has 0 unspecified atom stereocenters. The number of carbonyl (C=O) groups is 1. The maximum Gasteiger partial charge on any atom is 0.252 e. The largest absolute Gasteiger partial charge is 0.322 e. The third kappa shape index (κ3) is 3.52. The van der Waals surface area contributed by atoms with E-state index in [9.17, 15) is 22.8 Å². The van der Waals surface area contributed by atoms with E-state index in [-0.39, 0.29) is 35.0 Å². The lowest BCUT2D eigenvalue weighted by molar-refractivity contribution is -0.127. The lowest BCUT2D eigenvalue weighted by Crippen LogP contribution is -2.32. The normalized spacial score (nSPS) is 13.6. The number of benzene rings is 1. The first-order valence-electron chi connectivity index (χ1n) is 9.12. The number of hydrogen-bond acceptors (Lipinski definition) is 3. The van der Waals surface area contributed by atoms with Gasteiger partial charge in [-0.05, 0) is 42.3 Å². The average Bonchev–Trinajstić information content (AvgIpc) is 2.73. The predicted molar refractivity (Wildman–Crippen MR) is 106 cm³/mol. The van der Waals surface area contributed by atoms with E-state index in [1.165, 1.54) is 30.2 Å². The van der Waals surface area contributed by atoms with Crippen LogP contribution in [0.25, 0.3) is 16.5 Å². The fraction of sp³-hybridized carbons (Fsp3) is 0.136. The van der Waals surface area contributed by atoms with E-state index in [2.05, 4.69) is 9.97 Å². The molecule has 1 aliphatic rings. The van der Waals surface area contributed by atoms with Crippen molar-refractivity contribution >= 4 is 22.4 Å². The zero-order valence-electron chi connectivity index (χ0n) is 15.9. The van der Waals surface area contributed by atoms with Crippen molar-refractivity contribution in [2.24, 2.45) is 0 Å². The van der Waals surface area contributed by atoms with Crippen LogP contribution in [0.15, 0.2) is 53.7 Å². The summed E-state index contributed by atoms with van der Waals surface area (Å²) < 4.78 is 41.4. The fourth-order valence-corrected chi connectivity index (χ4v) is 3.50. The molecular formula is C22H16F3N3O2. The molecule has 0 bridgehead atoms. The summed E-state index contributed by atoms with van der Waals surface area (Å²) in [5.74, 6) is -3.01. The molecule has 5 nitrogen and oxygen atoms in total. The SMILES string of the molecule is Cc1c(CC(=O)N2C=CC=C(c3cncc(F)c3)C2)c(=O)[nH]c2ccc(F)c(F)c12. The molecule has 1 amide bonds. The molecular weight excluding hydrogens is 395 g/mol. The number of pyridine rings is 2. The summed E-state index contributed by atoms with van der Waals surface area (Å²) in [7, 11) is 0. The van der Waals surface area contributed by atoms with Crippen molar-refractivity contribution in [3.8, 4) is 0 Å². The van der Waals surface area contributed by atoms with Gasteiger partial charge in [-0.3, -0.25) is 14.6 Å². The molecule has 0 spiro atoms. The lowest BCUT2D eigenvalue weighted by atomic mass is 10.0. The van der Waals surface area contributed by atoms with E-state index in [1.54, 1.807) is 18.4 Å². The van der Waals surface area contributed by atoms with Crippen molar-refractivity contribution < 1.29 is 18.0 Å². The minimum Gasteiger partial charge on any atom is -0.322 e. The molecule has 0 saturated carbocycles. The molecule has 1 aliphatic heterocycles. The second-order valence-corrected chi connectivity index (χ2v) is 6.97. The van der Waals surface area contributed by atoms with Crippen LogP contribution in [-0.4, -0.2) is 27.3 Å². The summed E-state index contributed by atoms with van der Waals surface area (Å²) in [5.41, 5.74) is 1.11. The minimum atomic E-state index is -1.07. The molecule has 3 heterocycles. The molecule has 3 aromatic rings. The van der Waals surface area contributed by atoms with Crippen molar-refractivity contribution in [2.75, 3.05) is 6.54 Å². The quantitative estimate of drug-likeness (QED) is 0.716. The number of nitrogens with one attached hydrogen (secondary N) is 1. The topological polar surface area (TPSA) is 66.1 Å². The number of carbonyl (C=O) groups excluding carboxylic acids is 1. The Labute approximate surface area is 169 Å². The summed E-state index contributed by atoms with van der Waals surface area (Å²) in [5, 5.41) is -0.0574. The molecule has 152 valence electrons. The van der Waals surface area contributed by atoms with Gasteiger partial charge >= 0.3 is 0 Å². The van der Waals surface area contributed by atoms with Gasteiger partial charge in [-0.2, -0.15) is 0 Å². The van der Waals surface area contributed by atoms with Crippen LogP contribution in [0.3, 0.4) is 0 Å². The highest BCUT2D eigenvalue weighted by Crippen LogP contribution is 2.24. The lowest BCUT2D eigenvalue weighted by Gasteiger charge is -2.23. The summed E-state index contributed by atoms with van der Waals surface area (Å²) >= 11 is 0. The van der Waals surface area contributed by atoms with Gasteiger partial charge in [-0.1, -0.05) is 6.08 Å². The Morgan fingerprint density at radius 1 is 1.23 bits per heavy atom. The summed E-state index contributed by atoms with van der Waals surface area (Å²) in [6.45, 7) is 1.65. The number of amides is 1. The molecule has 1 aromatic carbocycles. The number of fused-ring (bicyclic) bond motifs is 1. The van der Waals surface area contributed by atoms with Crippen LogP contribution < -0.4 is 5.56 Å². The number of H-pyrrole nitrogens is 1. The second kappa shape index (κ2) is 7.62. The highest BCUT2D eigenvalue weighted by atomic mass is 19.2. The van der Waals surface area contributed by atoms with E-state index in [0.717, 1.165) is 12.3 Å². The predicted octanol–water partition coefficient (Wildman–Crippen LogP) is 3.63. The maximum absolute atomic E-state index is 14.3. The number of hydrogen-bond donors (Lipinski definition) is 1. The third-order valence-electron chi connectivity index (χ3n) is 5.07. The first-order chi connectivity index (χ1) is 14.3. The van der Waals surface area contributed by atoms with Gasteiger partial charge in [0, 0.05) is 28.9 Å². The number of halogens is 3. The molecule has 0 radical (unpaired) electrons. The Bertz CT molecular complexity index is 1290. The fourth-order valence-electron chi connectivity index (χ4n) is 3.50. The van der Waals surface area contributed by atoms with Crippen molar-refractivity contribution in [1.82, 2.24) is 14.9 Å². The van der Waals surface area contributed by atoms with E-state index in [4.69, 9.17) is 0 Å². The number of rotatable bonds is 3. The van der Waals surface area contributed by atoms with Gasteiger partial charge in [0.25, 0.3) is 5.56 Å². The Balaban J connectivity index is 1.62. The zero-order valence-corrected chi connectivity index (χ0v) is 15.9. The molecule has 0 fully saturated rings. The summed E-state index contributed by atoms with van der Waals surface area (Å²) in [6, 6.07) is 3.53. The van der Waals surface area contributed by atoms with Crippen LogP contribution >= 0.6 is 0 Å². The van der Waals surface area contributed by atoms with Crippen molar-refractivity contribution in [3.05, 3.63) is 93.4 Å². The van der Waals surface area contributed by atoms with Gasteiger partial charge in [0.15, 0.2) is 11.6 Å². The van der Waals surface area contributed by atoms with Gasteiger partial charge in [0.05, 0.1) is 24.7 Å². The zero-order chi connectivity index (χ0) is 21.4. The van der Waals surface area contributed by atoms with Crippen LogP contribution in [0.5, 0.6) is 0 Å². The summed E-state index contributed by atoms with van der Waals surface area (Å²) in [4.78, 5) is 33.0. The average molecular weight is 411 g/mol. The Hall–Kier alpha value is -3.68. The molecule has 1 N–H and O–H groups in total. The molecule has 0 saturated heterocycles. The highest BCUT2D eigenvalue weighted by Gasteiger charge is 2.21. The molecule has 8 heteroatoms. The minimum absolute atomic E-state index is 0.0574. The van der Waals surface area contributed by atoms with Gasteiger partial charge in [0.2, 0.25) is 5.91 Å². The van der Waals surface area contributed by atoms with Gasteiger partial charge < -0.3 is 9.88 Å². The van der Waals surface area contributed by atoms with E-state index in [1.807, 2.05) is 0 Å². The van der Waals surface area contributed by atoms with E-state index in [0.29, 0.717) is 11.1 Å². The van der Waals surface area contributed by atoms with Crippen molar-refractivity contribution in [3.63, 3.8) is 0 Å². The number of aryl methyl sites for hydroxylation is 1. The third-order valence-corrected chi connectivity index (χ3v) is 5.07. The van der Waals surface area contributed by atoms with Gasteiger partial charge in [-0.15, -0.1) is 0 Å². The molecule has 0 aliphatic carbocycles. The second-order valence-electron chi connectivity index (χ2n) is 6.97. The van der Waals surface area contributed by atoms with E-state index < -0.39 is 28.9 Å². The monoisotopic (exact) mass is 411 g/mol. The van der Waals surface area contributed by atoms with Crippen molar-refractivity contribution in [2.45, 2.75) is 13.3 Å². The number of aromatic amines is 1. The van der Waals surface area contributed by atoms with Crippen LogP contribution in [0.2, 0.25) is 0 Å². The molecule has 2 aromatic heterocycles. The smallest absolute Gasteiger partial charge is 0.252 e. The Morgan fingerprint density at radius 3 is 2.80 bits per heavy atom. The van der Waals surface area contributed by atoms with Crippen molar-refractivity contribution in [1.29, 1.82) is 0 Å². The van der Waals surface area contributed by atoms with Crippen LogP contribution in [0, 0.1) is 24.4 Å². The Kier molecular flexibility index (Phi) is 4.99. The Morgan fingerprint density at radius 2 is 2.03 bits per heavy atom. The van der Waals surface area contributed by atoms with Crippen LogP contribution in [0.1, 0.15) is 16.7 Å². The standard InChI is InChI=1S/C22H16F3N3O2/c1-12-16(22(30)27-18-5-4-17(24)21(25)20(12)18)8-19(29)28-6-2-3-13(11-28)14-7-15(23)10-26-9-14/h2-7,9-10H,8,11H2,1H3,(H,27,30). The number of nitrogens with zero attached hydrogens (tertiary/aromatic N) is 2. The van der Waals surface area contributed by atoms with Gasteiger partial charge in [0.1, 0.15) is 5.82 Å². The summed E-state index contributed by atoms with van der Waals surface area (Å²) in [6.07, 6.45) is 7.20.